The second-order valence-corrected chi connectivity index (χ2v) is 7.47. The highest BCUT2D eigenvalue weighted by atomic mass is 32.2. The van der Waals surface area contributed by atoms with Crippen molar-refractivity contribution in [1.82, 2.24) is 4.72 Å². The Morgan fingerprint density at radius 3 is 2.33 bits per heavy atom. The molecule has 2 rings (SSSR count). The molecule has 0 spiro atoms. The van der Waals surface area contributed by atoms with Crippen LogP contribution in [0.1, 0.15) is 43.2 Å². The Kier molecular flexibility index (Phi) is 4.39. The lowest BCUT2D eigenvalue weighted by Crippen LogP contribution is -2.55. The number of carboxylic acid groups (broad SMARTS) is 1. The number of hydrogen-bond acceptors (Lipinski definition) is 3. The zero-order valence-corrected chi connectivity index (χ0v) is 13.2. The molecule has 0 bridgehead atoms. The topological polar surface area (TPSA) is 83.5 Å². The van der Waals surface area contributed by atoms with E-state index in [1.807, 2.05) is 6.92 Å². The molecule has 116 valence electrons. The summed E-state index contributed by atoms with van der Waals surface area (Å²) >= 11 is 0. The second kappa shape index (κ2) is 5.77. The molecule has 21 heavy (non-hydrogen) atoms. The van der Waals surface area contributed by atoms with Gasteiger partial charge in [-0.15, -0.1) is 0 Å². The fourth-order valence-electron chi connectivity index (χ4n) is 2.93. The summed E-state index contributed by atoms with van der Waals surface area (Å²) in [4.78, 5) is 11.7. The maximum absolute atomic E-state index is 12.6. The molecule has 0 saturated heterocycles. The fourth-order valence-corrected chi connectivity index (χ4v) is 4.57. The van der Waals surface area contributed by atoms with Gasteiger partial charge < -0.3 is 5.11 Å². The Labute approximate surface area is 125 Å². The Hall–Kier alpha value is -1.40. The van der Waals surface area contributed by atoms with Crippen molar-refractivity contribution >= 4 is 16.0 Å². The van der Waals surface area contributed by atoms with Crippen molar-refractivity contribution in [2.24, 2.45) is 0 Å². The first kappa shape index (κ1) is 16.0. The number of aryl methyl sites for hydroxylation is 2. The van der Waals surface area contributed by atoms with Gasteiger partial charge in [-0.05, 0) is 38.3 Å². The van der Waals surface area contributed by atoms with Gasteiger partial charge in [0.25, 0.3) is 0 Å². The van der Waals surface area contributed by atoms with Crippen LogP contribution >= 0.6 is 0 Å². The third-order valence-corrected chi connectivity index (χ3v) is 5.76. The number of hydrogen-bond donors (Lipinski definition) is 2. The van der Waals surface area contributed by atoms with Gasteiger partial charge in [0.05, 0.1) is 4.90 Å². The zero-order chi connectivity index (χ0) is 15.7. The van der Waals surface area contributed by atoms with Crippen LogP contribution in [0.2, 0.25) is 0 Å². The van der Waals surface area contributed by atoms with Gasteiger partial charge in [-0.25, -0.2) is 8.42 Å². The summed E-state index contributed by atoms with van der Waals surface area (Å²) in [6.45, 7) is 3.60. The van der Waals surface area contributed by atoms with Crippen molar-refractivity contribution in [2.45, 2.75) is 56.4 Å². The van der Waals surface area contributed by atoms with Crippen LogP contribution in [-0.2, 0) is 14.8 Å². The molecule has 1 aromatic rings. The third kappa shape index (κ3) is 3.27. The number of carbonyl (C=O) groups is 1. The van der Waals surface area contributed by atoms with E-state index in [4.69, 9.17) is 0 Å². The predicted octanol–water partition coefficient (Wildman–Crippen LogP) is 2.37. The largest absolute Gasteiger partial charge is 0.480 e. The van der Waals surface area contributed by atoms with Crippen molar-refractivity contribution in [2.75, 3.05) is 0 Å². The maximum atomic E-state index is 12.6. The van der Waals surface area contributed by atoms with Crippen molar-refractivity contribution < 1.29 is 18.3 Å². The first-order valence-electron chi connectivity index (χ1n) is 7.11. The highest BCUT2D eigenvalue weighted by Crippen LogP contribution is 2.30. The van der Waals surface area contributed by atoms with Crippen molar-refractivity contribution in [3.05, 3.63) is 29.3 Å². The summed E-state index contributed by atoms with van der Waals surface area (Å²) in [5, 5.41) is 9.49. The SMILES string of the molecule is Cc1ccc(S(=O)(=O)NC2(C(=O)O)CCCCC2)c(C)c1. The van der Waals surface area contributed by atoms with Gasteiger partial charge in [0.15, 0.2) is 0 Å². The first-order chi connectivity index (χ1) is 9.77. The molecular formula is C15H21NO4S. The third-order valence-electron chi connectivity index (χ3n) is 4.07. The summed E-state index contributed by atoms with van der Waals surface area (Å²) in [7, 11) is -3.84. The van der Waals surface area contributed by atoms with Crippen LogP contribution in [0, 0.1) is 13.8 Å². The number of rotatable bonds is 4. The molecule has 5 nitrogen and oxygen atoms in total. The highest BCUT2D eigenvalue weighted by Gasteiger charge is 2.43. The molecule has 1 saturated carbocycles. The quantitative estimate of drug-likeness (QED) is 0.894. The van der Waals surface area contributed by atoms with Crippen LogP contribution in [0.4, 0.5) is 0 Å². The molecule has 1 fully saturated rings. The summed E-state index contributed by atoms with van der Waals surface area (Å²) in [5.74, 6) is -1.09. The molecule has 0 atom stereocenters. The molecule has 1 aliphatic carbocycles. The Balaban J connectivity index is 2.37. The molecule has 1 aromatic carbocycles. The van der Waals surface area contributed by atoms with Crippen LogP contribution in [0.15, 0.2) is 23.1 Å². The Morgan fingerprint density at radius 2 is 1.81 bits per heavy atom. The minimum Gasteiger partial charge on any atom is -0.480 e. The van der Waals surface area contributed by atoms with Gasteiger partial charge in [0.1, 0.15) is 5.54 Å². The Bertz CT molecular complexity index is 646. The molecule has 0 aromatic heterocycles. The van der Waals surface area contributed by atoms with E-state index in [9.17, 15) is 18.3 Å². The van der Waals surface area contributed by atoms with E-state index in [2.05, 4.69) is 4.72 Å². The van der Waals surface area contributed by atoms with Gasteiger partial charge in [-0.2, -0.15) is 4.72 Å². The normalized spacial score (nSPS) is 18.4. The van der Waals surface area contributed by atoms with Crippen LogP contribution in [0.25, 0.3) is 0 Å². The lowest BCUT2D eigenvalue weighted by Gasteiger charge is -2.33. The monoisotopic (exact) mass is 311 g/mol. The lowest BCUT2D eigenvalue weighted by molar-refractivity contribution is -0.145. The first-order valence-corrected chi connectivity index (χ1v) is 8.60. The molecule has 0 unspecified atom stereocenters. The number of benzene rings is 1. The van der Waals surface area contributed by atoms with Gasteiger partial charge in [0, 0.05) is 0 Å². The standard InChI is InChI=1S/C15H21NO4S/c1-11-6-7-13(12(2)10-11)21(19,20)16-15(14(17)18)8-4-3-5-9-15/h6-7,10,16H,3-5,8-9H2,1-2H3,(H,17,18). The summed E-state index contributed by atoms with van der Waals surface area (Å²) in [6, 6.07) is 5.03. The number of carboxylic acids is 1. The van der Waals surface area contributed by atoms with E-state index in [1.165, 1.54) is 6.07 Å². The van der Waals surface area contributed by atoms with E-state index < -0.39 is 21.5 Å². The van der Waals surface area contributed by atoms with E-state index >= 15 is 0 Å². The molecule has 0 aliphatic heterocycles. The van der Waals surface area contributed by atoms with E-state index in [0.29, 0.717) is 18.4 Å². The maximum Gasteiger partial charge on any atom is 0.324 e. The predicted molar refractivity (Wildman–Crippen MR) is 79.7 cm³/mol. The molecular weight excluding hydrogens is 290 g/mol. The van der Waals surface area contributed by atoms with Crippen LogP contribution in [0.5, 0.6) is 0 Å². The fraction of sp³-hybridized carbons (Fsp3) is 0.533. The summed E-state index contributed by atoms with van der Waals surface area (Å²) in [5.41, 5.74) is 0.227. The highest BCUT2D eigenvalue weighted by molar-refractivity contribution is 7.89. The van der Waals surface area contributed by atoms with Crippen molar-refractivity contribution in [3.8, 4) is 0 Å². The number of sulfonamides is 1. The van der Waals surface area contributed by atoms with E-state index in [1.54, 1.807) is 19.1 Å². The molecule has 0 radical (unpaired) electrons. The zero-order valence-electron chi connectivity index (χ0n) is 12.3. The average molecular weight is 311 g/mol. The molecule has 0 heterocycles. The van der Waals surface area contributed by atoms with Gasteiger partial charge in [-0.3, -0.25) is 4.79 Å². The van der Waals surface area contributed by atoms with Crippen molar-refractivity contribution in [3.63, 3.8) is 0 Å². The lowest BCUT2D eigenvalue weighted by atomic mass is 9.83. The van der Waals surface area contributed by atoms with E-state index in [0.717, 1.165) is 24.8 Å². The number of aliphatic carboxylic acids is 1. The minimum absolute atomic E-state index is 0.152. The minimum atomic E-state index is -3.84. The molecule has 1 aliphatic rings. The van der Waals surface area contributed by atoms with Gasteiger partial charge in [0.2, 0.25) is 10.0 Å². The summed E-state index contributed by atoms with van der Waals surface area (Å²) < 4.78 is 27.6. The van der Waals surface area contributed by atoms with Gasteiger partial charge in [-0.1, -0.05) is 37.0 Å². The second-order valence-electron chi connectivity index (χ2n) is 5.82. The molecule has 2 N–H and O–H groups in total. The van der Waals surface area contributed by atoms with Crippen LogP contribution in [-0.4, -0.2) is 25.0 Å². The molecule has 6 heteroatoms. The van der Waals surface area contributed by atoms with Crippen LogP contribution in [0.3, 0.4) is 0 Å². The Morgan fingerprint density at radius 1 is 1.19 bits per heavy atom. The van der Waals surface area contributed by atoms with Crippen molar-refractivity contribution in [1.29, 1.82) is 0 Å². The van der Waals surface area contributed by atoms with E-state index in [-0.39, 0.29) is 4.90 Å². The van der Waals surface area contributed by atoms with Crippen LogP contribution < -0.4 is 4.72 Å². The molecule has 0 amide bonds. The number of nitrogens with one attached hydrogen (secondary N) is 1. The average Bonchev–Trinajstić information content (AvgIpc) is 2.38. The van der Waals surface area contributed by atoms with Gasteiger partial charge >= 0.3 is 5.97 Å². The summed E-state index contributed by atoms with van der Waals surface area (Å²) in [6.07, 6.45) is 3.07. The smallest absolute Gasteiger partial charge is 0.324 e.